The molecule has 3 N–H and O–H groups in total. The first kappa shape index (κ1) is 11.2. The van der Waals surface area contributed by atoms with E-state index in [1.807, 2.05) is 6.07 Å². The highest BCUT2D eigenvalue weighted by atomic mass is 16.2. The maximum atomic E-state index is 12.0. The average Bonchev–Trinajstić information content (AvgIpc) is 2.33. The van der Waals surface area contributed by atoms with Gasteiger partial charge in [0.15, 0.2) is 0 Å². The molecule has 0 aliphatic carbocycles. The van der Waals surface area contributed by atoms with Crippen LogP contribution in [0.4, 0.5) is 5.69 Å². The van der Waals surface area contributed by atoms with Gasteiger partial charge in [0.1, 0.15) is 0 Å². The van der Waals surface area contributed by atoms with Gasteiger partial charge in [-0.1, -0.05) is 0 Å². The molecule has 1 fully saturated rings. The van der Waals surface area contributed by atoms with E-state index < -0.39 is 0 Å². The summed E-state index contributed by atoms with van der Waals surface area (Å²) in [5.41, 5.74) is 2.53. The number of anilines is 1. The number of amides is 2. The van der Waals surface area contributed by atoms with Crippen LogP contribution in [0.25, 0.3) is 0 Å². The van der Waals surface area contributed by atoms with E-state index in [1.54, 1.807) is 12.1 Å². The van der Waals surface area contributed by atoms with Crippen LogP contribution in [-0.2, 0) is 11.2 Å². The lowest BCUT2D eigenvalue weighted by Crippen LogP contribution is -2.56. The fourth-order valence-corrected chi connectivity index (χ4v) is 2.18. The zero-order chi connectivity index (χ0) is 12.5. The number of hydrogen-bond acceptors (Lipinski definition) is 3. The first-order valence-electron chi connectivity index (χ1n) is 6.17. The monoisotopic (exact) mass is 245 g/mol. The highest BCUT2D eigenvalue weighted by molar-refractivity contribution is 5.98. The van der Waals surface area contributed by atoms with E-state index in [1.165, 1.54) is 0 Å². The molecule has 94 valence electrons. The Bertz CT molecular complexity index is 509. The summed E-state index contributed by atoms with van der Waals surface area (Å²) in [6.45, 7) is 1.68. The molecule has 0 spiro atoms. The van der Waals surface area contributed by atoms with Crippen molar-refractivity contribution in [2.75, 3.05) is 18.4 Å². The molecule has 2 aliphatic heterocycles. The fourth-order valence-electron chi connectivity index (χ4n) is 2.18. The van der Waals surface area contributed by atoms with Crippen LogP contribution in [0.15, 0.2) is 18.2 Å². The van der Waals surface area contributed by atoms with Crippen LogP contribution in [0.5, 0.6) is 0 Å². The summed E-state index contributed by atoms with van der Waals surface area (Å²) < 4.78 is 0. The van der Waals surface area contributed by atoms with Crippen molar-refractivity contribution >= 4 is 17.5 Å². The molecular weight excluding hydrogens is 230 g/mol. The van der Waals surface area contributed by atoms with E-state index in [9.17, 15) is 9.59 Å². The van der Waals surface area contributed by atoms with Gasteiger partial charge in [0.25, 0.3) is 5.91 Å². The molecule has 0 bridgehead atoms. The van der Waals surface area contributed by atoms with Crippen LogP contribution in [0.1, 0.15) is 22.3 Å². The smallest absolute Gasteiger partial charge is 0.251 e. The third-order valence-electron chi connectivity index (χ3n) is 3.38. The predicted octanol–water partition coefficient (Wildman–Crippen LogP) is 0.273. The largest absolute Gasteiger partial charge is 0.347 e. The molecule has 18 heavy (non-hydrogen) atoms. The minimum atomic E-state index is -0.0406. The Morgan fingerprint density at radius 2 is 2.11 bits per heavy atom. The first-order valence-corrected chi connectivity index (χ1v) is 6.17. The highest BCUT2D eigenvalue weighted by Crippen LogP contribution is 2.23. The molecule has 1 aromatic rings. The Hall–Kier alpha value is -1.88. The maximum absolute atomic E-state index is 12.0. The lowest BCUT2D eigenvalue weighted by molar-refractivity contribution is -0.116. The Morgan fingerprint density at radius 3 is 2.83 bits per heavy atom. The van der Waals surface area contributed by atoms with Crippen molar-refractivity contribution in [1.29, 1.82) is 0 Å². The lowest BCUT2D eigenvalue weighted by atomic mass is 10.00. The van der Waals surface area contributed by atoms with E-state index in [0.717, 1.165) is 24.3 Å². The van der Waals surface area contributed by atoms with Crippen molar-refractivity contribution < 1.29 is 9.59 Å². The first-order chi connectivity index (χ1) is 8.72. The molecule has 2 amide bonds. The minimum absolute atomic E-state index is 0.0406. The Labute approximate surface area is 105 Å². The summed E-state index contributed by atoms with van der Waals surface area (Å²) in [6, 6.07) is 5.68. The number of fused-ring (bicyclic) bond motifs is 1. The van der Waals surface area contributed by atoms with Gasteiger partial charge in [-0.3, -0.25) is 9.59 Å². The van der Waals surface area contributed by atoms with Crippen LogP contribution in [0.2, 0.25) is 0 Å². The third-order valence-corrected chi connectivity index (χ3v) is 3.38. The van der Waals surface area contributed by atoms with Gasteiger partial charge < -0.3 is 16.0 Å². The molecule has 5 nitrogen and oxygen atoms in total. The summed E-state index contributed by atoms with van der Waals surface area (Å²) in [4.78, 5) is 23.2. The molecule has 0 radical (unpaired) electrons. The summed E-state index contributed by atoms with van der Waals surface area (Å²) in [7, 11) is 0. The van der Waals surface area contributed by atoms with Crippen LogP contribution >= 0.6 is 0 Å². The summed E-state index contributed by atoms with van der Waals surface area (Å²) >= 11 is 0. The second kappa shape index (κ2) is 4.42. The van der Waals surface area contributed by atoms with Crippen molar-refractivity contribution in [2.45, 2.75) is 18.9 Å². The van der Waals surface area contributed by atoms with Crippen molar-refractivity contribution in [3.8, 4) is 0 Å². The van der Waals surface area contributed by atoms with E-state index in [4.69, 9.17) is 0 Å². The fraction of sp³-hybridized carbons (Fsp3) is 0.385. The van der Waals surface area contributed by atoms with Crippen molar-refractivity contribution in [2.24, 2.45) is 0 Å². The summed E-state index contributed by atoms with van der Waals surface area (Å²) in [5, 5.41) is 8.88. The van der Waals surface area contributed by atoms with Gasteiger partial charge in [0.05, 0.1) is 6.04 Å². The van der Waals surface area contributed by atoms with Gasteiger partial charge in [-0.15, -0.1) is 0 Å². The third kappa shape index (κ3) is 2.09. The standard InChI is InChI=1S/C13H15N3O2/c17-12-4-2-8-5-9(1-3-11(8)16-12)13(18)15-10-6-14-7-10/h1,3,5,10,14H,2,4,6-7H2,(H,15,18)(H,16,17). The van der Waals surface area contributed by atoms with Crippen LogP contribution in [0.3, 0.4) is 0 Å². The highest BCUT2D eigenvalue weighted by Gasteiger charge is 2.21. The zero-order valence-electron chi connectivity index (χ0n) is 9.95. The van der Waals surface area contributed by atoms with Crippen LogP contribution < -0.4 is 16.0 Å². The van der Waals surface area contributed by atoms with Crippen molar-refractivity contribution in [3.05, 3.63) is 29.3 Å². The summed E-state index contributed by atoms with van der Waals surface area (Å²) in [5.74, 6) is 0.00134. The number of rotatable bonds is 2. The average molecular weight is 245 g/mol. The number of carbonyl (C=O) groups is 2. The quantitative estimate of drug-likeness (QED) is 0.700. The Morgan fingerprint density at radius 1 is 1.28 bits per heavy atom. The molecule has 1 aromatic carbocycles. The maximum Gasteiger partial charge on any atom is 0.251 e. The summed E-state index contributed by atoms with van der Waals surface area (Å²) in [6.07, 6.45) is 1.19. The normalized spacial score (nSPS) is 18.6. The molecule has 1 saturated heterocycles. The Kier molecular flexibility index (Phi) is 2.76. The number of carbonyl (C=O) groups excluding carboxylic acids is 2. The van der Waals surface area contributed by atoms with Gasteiger partial charge in [-0.25, -0.2) is 0 Å². The molecule has 0 unspecified atom stereocenters. The van der Waals surface area contributed by atoms with Gasteiger partial charge in [-0.05, 0) is 30.2 Å². The molecule has 0 saturated carbocycles. The molecule has 3 rings (SSSR count). The molecule has 2 aliphatic rings. The number of aryl methyl sites for hydroxylation is 1. The second-order valence-electron chi connectivity index (χ2n) is 4.75. The lowest BCUT2D eigenvalue weighted by Gasteiger charge is -2.28. The van der Waals surface area contributed by atoms with Gasteiger partial charge in [0.2, 0.25) is 5.91 Å². The van der Waals surface area contributed by atoms with Gasteiger partial charge >= 0.3 is 0 Å². The van der Waals surface area contributed by atoms with Crippen molar-refractivity contribution in [3.63, 3.8) is 0 Å². The molecule has 5 heteroatoms. The SMILES string of the molecule is O=C1CCc2cc(C(=O)NC3CNC3)ccc2N1. The zero-order valence-corrected chi connectivity index (χ0v) is 9.95. The molecule has 0 aromatic heterocycles. The van der Waals surface area contributed by atoms with E-state index in [2.05, 4.69) is 16.0 Å². The number of hydrogen-bond donors (Lipinski definition) is 3. The van der Waals surface area contributed by atoms with Gasteiger partial charge in [-0.2, -0.15) is 0 Å². The van der Waals surface area contributed by atoms with Crippen molar-refractivity contribution in [1.82, 2.24) is 10.6 Å². The molecular formula is C13H15N3O2. The molecule has 0 atom stereocenters. The van der Waals surface area contributed by atoms with E-state index in [-0.39, 0.29) is 17.9 Å². The van der Waals surface area contributed by atoms with E-state index >= 15 is 0 Å². The predicted molar refractivity (Wildman–Crippen MR) is 67.5 cm³/mol. The topological polar surface area (TPSA) is 70.2 Å². The number of benzene rings is 1. The minimum Gasteiger partial charge on any atom is -0.347 e. The molecule has 2 heterocycles. The van der Waals surface area contributed by atoms with Crippen LogP contribution in [-0.4, -0.2) is 30.9 Å². The van der Waals surface area contributed by atoms with E-state index in [0.29, 0.717) is 18.4 Å². The Balaban J connectivity index is 1.76. The second-order valence-corrected chi connectivity index (χ2v) is 4.75. The number of nitrogens with one attached hydrogen (secondary N) is 3. The van der Waals surface area contributed by atoms with Gasteiger partial charge in [0, 0.05) is 30.8 Å². The van der Waals surface area contributed by atoms with Crippen LogP contribution in [0, 0.1) is 0 Å².